The van der Waals surface area contributed by atoms with Crippen LogP contribution in [0, 0.1) is 0 Å². The number of rotatable bonds is 9. The number of phenolic OH excluding ortho intramolecular Hbond substituents is 2. The van der Waals surface area contributed by atoms with E-state index in [-0.39, 0.29) is 22.8 Å². The summed E-state index contributed by atoms with van der Waals surface area (Å²) < 4.78 is 101. The van der Waals surface area contributed by atoms with E-state index in [9.17, 15) is 44.6 Å². The number of hydrogen-bond acceptors (Lipinski definition) is 16. The fourth-order valence-corrected chi connectivity index (χ4v) is 6.14. The predicted octanol–water partition coefficient (Wildman–Crippen LogP) is 6.40. The van der Waals surface area contributed by atoms with Crippen LogP contribution >= 0.6 is 0 Å². The largest absolute Gasteiger partial charge is 0.506 e. The van der Waals surface area contributed by atoms with Gasteiger partial charge in [0.25, 0.3) is 30.4 Å². The first-order valence-electron chi connectivity index (χ1n) is 13.4. The Bertz CT molecular complexity index is 2600. The molecule has 0 aliphatic heterocycles. The van der Waals surface area contributed by atoms with Crippen LogP contribution in [0.15, 0.2) is 124 Å². The van der Waals surface area contributed by atoms with Crippen molar-refractivity contribution in [3.63, 3.8) is 0 Å². The minimum atomic E-state index is -5.18. The Morgan fingerprint density at radius 3 is 1.46 bits per heavy atom. The smallest absolute Gasteiger partial charge is 0.296 e. The van der Waals surface area contributed by atoms with E-state index in [0.717, 1.165) is 30.3 Å². The fraction of sp³-hybridized carbons (Fsp3) is 0. The zero-order valence-corrected chi connectivity index (χ0v) is 27.2. The van der Waals surface area contributed by atoms with Crippen molar-refractivity contribution in [2.75, 3.05) is 11.5 Å². The topological polar surface area (TPSA) is 330 Å². The number of fused-ring (bicyclic) bond motifs is 1. The molecule has 0 aliphatic rings. The summed E-state index contributed by atoms with van der Waals surface area (Å²) in [5, 5.41) is 43.4. The lowest BCUT2D eigenvalue weighted by atomic mass is 10.1. The fourth-order valence-electron chi connectivity index (χ4n) is 4.33. The van der Waals surface area contributed by atoms with Crippen LogP contribution in [0.1, 0.15) is 0 Å². The molecule has 5 aromatic rings. The van der Waals surface area contributed by atoms with E-state index in [1.807, 2.05) is 0 Å². The molecule has 0 saturated carbocycles. The molecule has 5 rings (SSSR count). The van der Waals surface area contributed by atoms with Crippen LogP contribution in [-0.4, -0.2) is 49.1 Å². The van der Waals surface area contributed by atoms with Gasteiger partial charge >= 0.3 is 0 Å². The lowest BCUT2D eigenvalue weighted by molar-refractivity contribution is 0.472. The van der Waals surface area contributed by atoms with Crippen LogP contribution in [0.4, 0.5) is 45.5 Å². The van der Waals surface area contributed by atoms with Gasteiger partial charge < -0.3 is 21.7 Å². The minimum absolute atomic E-state index is 0.0849. The highest BCUT2D eigenvalue weighted by atomic mass is 32.2. The number of anilines is 2. The SMILES string of the molecule is Nc1ccc(N=Nc2ccc(N=Nc3c(S(=O)(=O)O)cc4cc(S(=O)(=O)O)c(N=Nc5ccc(S(=O)(=O)O)cc5)c(O)c4c3N)cc2)c(O)c1. The van der Waals surface area contributed by atoms with Gasteiger partial charge in [0.05, 0.1) is 33.0 Å². The van der Waals surface area contributed by atoms with Crippen molar-refractivity contribution in [1.29, 1.82) is 0 Å². The first-order valence-corrected chi connectivity index (χ1v) is 17.7. The number of nitrogen functional groups attached to an aromatic ring is 2. The molecule has 0 fully saturated rings. The van der Waals surface area contributed by atoms with Crippen molar-refractivity contribution < 1.29 is 49.1 Å². The summed E-state index contributed by atoms with van der Waals surface area (Å²) in [5.74, 6) is -1.20. The molecule has 0 aromatic heterocycles. The first kappa shape index (κ1) is 35.4. The molecule has 0 atom stereocenters. The predicted molar refractivity (Wildman–Crippen MR) is 177 cm³/mol. The van der Waals surface area contributed by atoms with Crippen molar-refractivity contribution in [1.82, 2.24) is 0 Å². The van der Waals surface area contributed by atoms with Crippen LogP contribution in [0.25, 0.3) is 10.8 Å². The average molecular weight is 743 g/mol. The average Bonchev–Trinajstić information content (AvgIpc) is 3.02. The minimum Gasteiger partial charge on any atom is -0.506 e. The molecule has 0 heterocycles. The van der Waals surface area contributed by atoms with Crippen molar-refractivity contribution in [3.8, 4) is 11.5 Å². The highest BCUT2D eigenvalue weighted by molar-refractivity contribution is 7.86. The highest BCUT2D eigenvalue weighted by Crippen LogP contribution is 2.48. The van der Waals surface area contributed by atoms with Gasteiger partial charge in [0, 0.05) is 11.8 Å². The Kier molecular flexibility index (Phi) is 9.33. The van der Waals surface area contributed by atoms with Gasteiger partial charge in [-0.15, -0.1) is 15.3 Å². The van der Waals surface area contributed by atoms with Gasteiger partial charge in [-0.05, 0) is 78.2 Å². The summed E-state index contributed by atoms with van der Waals surface area (Å²) in [6, 6.07) is 15.5. The van der Waals surface area contributed by atoms with E-state index < -0.39 is 78.6 Å². The summed E-state index contributed by atoms with van der Waals surface area (Å²) >= 11 is 0. The number of azo groups is 3. The number of nitrogens with zero attached hydrogens (tertiary/aromatic N) is 6. The van der Waals surface area contributed by atoms with Crippen LogP contribution < -0.4 is 11.5 Å². The Hall–Kier alpha value is -5.91. The molecule has 19 nitrogen and oxygen atoms in total. The molecular weight excluding hydrogens is 721 g/mol. The molecule has 5 aromatic carbocycles. The van der Waals surface area contributed by atoms with E-state index in [1.54, 1.807) is 0 Å². The second kappa shape index (κ2) is 13.2. The normalized spacial score (nSPS) is 12.9. The van der Waals surface area contributed by atoms with Gasteiger partial charge in [-0.2, -0.15) is 40.6 Å². The zero-order valence-electron chi connectivity index (χ0n) is 24.8. The van der Waals surface area contributed by atoms with Gasteiger partial charge in [-0.3, -0.25) is 13.7 Å². The summed E-state index contributed by atoms with van der Waals surface area (Å²) in [7, 11) is -14.8. The van der Waals surface area contributed by atoms with Gasteiger partial charge in [0.1, 0.15) is 32.6 Å². The zero-order chi connectivity index (χ0) is 36.6. The van der Waals surface area contributed by atoms with Crippen LogP contribution in [0.3, 0.4) is 0 Å². The third-order valence-corrected chi connectivity index (χ3v) is 9.26. The van der Waals surface area contributed by atoms with Gasteiger partial charge in [0.15, 0.2) is 5.75 Å². The third-order valence-electron chi connectivity index (χ3n) is 6.66. The van der Waals surface area contributed by atoms with E-state index in [0.29, 0.717) is 17.4 Å². The molecule has 50 heavy (non-hydrogen) atoms. The maximum Gasteiger partial charge on any atom is 0.296 e. The molecule has 0 saturated heterocycles. The maximum atomic E-state index is 12.3. The first-order chi connectivity index (χ1) is 23.3. The maximum absolute atomic E-state index is 12.3. The molecule has 0 bridgehead atoms. The Labute approximate surface area is 282 Å². The van der Waals surface area contributed by atoms with Crippen molar-refractivity contribution in [2.24, 2.45) is 30.7 Å². The molecule has 0 aliphatic carbocycles. The van der Waals surface area contributed by atoms with Gasteiger partial charge in [-0.25, -0.2) is 0 Å². The summed E-state index contributed by atoms with van der Waals surface area (Å²) in [5.41, 5.74) is 10.5. The second-order valence-electron chi connectivity index (χ2n) is 10.1. The molecule has 0 unspecified atom stereocenters. The van der Waals surface area contributed by atoms with Crippen LogP contribution in [0.2, 0.25) is 0 Å². The second-order valence-corrected chi connectivity index (χ2v) is 14.3. The number of nitrogens with two attached hydrogens (primary N) is 2. The number of phenols is 2. The van der Waals surface area contributed by atoms with E-state index in [1.165, 1.54) is 42.5 Å². The Morgan fingerprint density at radius 1 is 0.520 bits per heavy atom. The molecule has 0 spiro atoms. The molecule has 9 N–H and O–H groups in total. The lowest BCUT2D eigenvalue weighted by Gasteiger charge is -2.14. The van der Waals surface area contributed by atoms with Crippen molar-refractivity contribution in [2.45, 2.75) is 14.7 Å². The van der Waals surface area contributed by atoms with E-state index >= 15 is 0 Å². The molecule has 22 heteroatoms. The number of hydrogen-bond donors (Lipinski definition) is 7. The van der Waals surface area contributed by atoms with Crippen LogP contribution in [0.5, 0.6) is 11.5 Å². The summed E-state index contributed by atoms with van der Waals surface area (Å²) in [4.78, 5) is -2.46. The summed E-state index contributed by atoms with van der Waals surface area (Å²) in [6.07, 6.45) is 0. The van der Waals surface area contributed by atoms with Gasteiger partial charge in [0.2, 0.25) is 0 Å². The number of aromatic hydroxyl groups is 2. The highest BCUT2D eigenvalue weighted by Gasteiger charge is 2.28. The van der Waals surface area contributed by atoms with Crippen molar-refractivity contribution in [3.05, 3.63) is 78.9 Å². The molecule has 0 amide bonds. The lowest BCUT2D eigenvalue weighted by Crippen LogP contribution is -2.03. The van der Waals surface area contributed by atoms with Crippen LogP contribution in [-0.2, 0) is 30.4 Å². The number of benzene rings is 5. The quantitative estimate of drug-likeness (QED) is 0.0488. The monoisotopic (exact) mass is 742 g/mol. The molecule has 0 radical (unpaired) electrons. The summed E-state index contributed by atoms with van der Waals surface area (Å²) in [6.45, 7) is 0. The Balaban J connectivity index is 1.58. The molecular formula is C28H22N8O11S3. The third kappa shape index (κ3) is 7.70. The standard InChI is InChI=1S/C28H22N8O11S3/c29-15-1-10-20(21(37)13-15)34-31-16-2-4-17(5-3-16)32-35-26-22(49(42,43)44)11-14-12-23(50(45,46)47)27(28(38)24(14)25(26)30)36-33-18-6-8-19(9-7-18)48(39,40)41/h1-13,37-38H,29-30H2,(H,39,40,41)(H,42,43,44)(H,45,46,47). The Morgan fingerprint density at radius 2 is 0.980 bits per heavy atom. The van der Waals surface area contributed by atoms with E-state index in [4.69, 9.17) is 16.0 Å². The van der Waals surface area contributed by atoms with E-state index in [2.05, 4.69) is 30.7 Å². The molecule has 258 valence electrons. The van der Waals surface area contributed by atoms with Gasteiger partial charge in [-0.1, -0.05) is 0 Å². The van der Waals surface area contributed by atoms with Crippen molar-refractivity contribution >= 4 is 86.6 Å².